The second kappa shape index (κ2) is 10.8. The number of ether oxygens (including phenoxy) is 1. The molecule has 188 valence electrons. The Labute approximate surface area is 216 Å². The van der Waals surface area contributed by atoms with Gasteiger partial charge in [0.25, 0.3) is 0 Å². The molecule has 5 rings (SSSR count). The van der Waals surface area contributed by atoms with E-state index >= 15 is 0 Å². The highest BCUT2D eigenvalue weighted by atomic mass is 16.6. The summed E-state index contributed by atoms with van der Waals surface area (Å²) in [4.78, 5) is 25.9. The van der Waals surface area contributed by atoms with Crippen LogP contribution in [0.3, 0.4) is 0 Å². The highest BCUT2D eigenvalue weighted by molar-refractivity contribution is 5.88. The number of likely N-dealkylation sites (tertiary alicyclic amines) is 1. The highest BCUT2D eigenvalue weighted by Gasteiger charge is 2.37. The van der Waals surface area contributed by atoms with Crippen LogP contribution in [0.25, 0.3) is 10.8 Å². The zero-order chi connectivity index (χ0) is 25.8. The number of benzene rings is 4. The second-order valence-electron chi connectivity index (χ2n) is 9.58. The molecule has 6 nitrogen and oxygen atoms in total. The maximum Gasteiger partial charge on any atom is 0.415 e. The number of amides is 1. The first-order valence-corrected chi connectivity index (χ1v) is 12.6. The molecule has 0 aliphatic carbocycles. The highest BCUT2D eigenvalue weighted by Crippen LogP contribution is 2.34. The normalized spacial score (nSPS) is 18.0. The number of fused-ring (bicyclic) bond motifs is 1. The molecule has 1 aliphatic rings. The first-order chi connectivity index (χ1) is 18.0. The van der Waals surface area contributed by atoms with E-state index in [1.807, 2.05) is 18.2 Å². The average molecular weight is 495 g/mol. The fraction of sp³-hybridized carbons (Fsp3) is 0.226. The standard InChI is InChI=1S/C31H30N2O4/c1-21(27-13-7-11-22-10-5-6-12-28(22)27)32-18-25-19-33(20-29(25)23-8-3-2-4-9-23)31(36)37-26-16-14-24(15-17-26)30(34)35/h2-17,21,25,29,32H,18-20H2,1H3,(H,34,35)/t21-,25-,29+/m0/s1. The number of carbonyl (C=O) groups excluding carboxylic acids is 1. The number of carboxylic acid groups (broad SMARTS) is 1. The van der Waals surface area contributed by atoms with Crippen LogP contribution in [0.4, 0.5) is 4.79 Å². The van der Waals surface area contributed by atoms with Crippen LogP contribution < -0.4 is 10.1 Å². The third-order valence-corrected chi connectivity index (χ3v) is 7.21. The molecular formula is C31H30N2O4. The molecule has 6 heteroatoms. The molecule has 0 radical (unpaired) electrons. The summed E-state index contributed by atoms with van der Waals surface area (Å²) in [6, 6.07) is 31.1. The van der Waals surface area contributed by atoms with Gasteiger partial charge in [-0.1, -0.05) is 72.8 Å². The van der Waals surface area contributed by atoms with Crippen molar-refractivity contribution >= 4 is 22.8 Å². The Hall–Kier alpha value is -4.16. The van der Waals surface area contributed by atoms with Crippen molar-refractivity contribution in [3.63, 3.8) is 0 Å². The van der Waals surface area contributed by atoms with Crippen LogP contribution in [0, 0.1) is 5.92 Å². The van der Waals surface area contributed by atoms with Crippen molar-refractivity contribution in [3.05, 3.63) is 114 Å². The lowest BCUT2D eigenvalue weighted by molar-refractivity contribution is 0.0697. The zero-order valence-electron chi connectivity index (χ0n) is 20.7. The predicted molar refractivity (Wildman–Crippen MR) is 144 cm³/mol. The number of carbonyl (C=O) groups is 2. The zero-order valence-corrected chi connectivity index (χ0v) is 20.7. The molecule has 37 heavy (non-hydrogen) atoms. The Kier molecular flexibility index (Phi) is 7.19. The molecule has 0 bridgehead atoms. The molecule has 4 aromatic carbocycles. The van der Waals surface area contributed by atoms with E-state index in [9.17, 15) is 9.59 Å². The van der Waals surface area contributed by atoms with E-state index in [4.69, 9.17) is 9.84 Å². The number of carboxylic acids is 1. The molecule has 0 unspecified atom stereocenters. The van der Waals surface area contributed by atoms with Gasteiger partial charge in [-0.25, -0.2) is 9.59 Å². The van der Waals surface area contributed by atoms with Gasteiger partial charge in [0.05, 0.1) is 5.56 Å². The van der Waals surface area contributed by atoms with Crippen molar-refractivity contribution in [1.82, 2.24) is 10.2 Å². The lowest BCUT2D eigenvalue weighted by Crippen LogP contribution is -2.33. The molecule has 1 fully saturated rings. The molecule has 1 amide bonds. The van der Waals surface area contributed by atoms with E-state index in [0.717, 1.165) is 6.54 Å². The summed E-state index contributed by atoms with van der Waals surface area (Å²) in [7, 11) is 0. The van der Waals surface area contributed by atoms with Crippen molar-refractivity contribution in [2.75, 3.05) is 19.6 Å². The molecule has 4 aromatic rings. The van der Waals surface area contributed by atoms with Crippen molar-refractivity contribution in [2.45, 2.75) is 18.9 Å². The summed E-state index contributed by atoms with van der Waals surface area (Å²) in [5.41, 5.74) is 2.61. The van der Waals surface area contributed by atoms with Gasteiger partial charge in [0.1, 0.15) is 5.75 Å². The van der Waals surface area contributed by atoms with E-state index < -0.39 is 12.1 Å². The molecule has 2 N–H and O–H groups in total. The minimum absolute atomic E-state index is 0.149. The number of nitrogens with one attached hydrogen (secondary N) is 1. The van der Waals surface area contributed by atoms with Gasteiger partial charge in [-0.3, -0.25) is 0 Å². The van der Waals surface area contributed by atoms with Gasteiger partial charge >= 0.3 is 12.1 Å². The smallest absolute Gasteiger partial charge is 0.415 e. The first-order valence-electron chi connectivity index (χ1n) is 12.6. The summed E-state index contributed by atoms with van der Waals surface area (Å²) in [5, 5.41) is 15.3. The first kappa shape index (κ1) is 24.5. The van der Waals surface area contributed by atoms with Gasteiger partial charge in [-0.05, 0) is 59.0 Å². The quantitative estimate of drug-likeness (QED) is 0.324. The molecule has 0 spiro atoms. The van der Waals surface area contributed by atoms with Crippen LogP contribution in [0.15, 0.2) is 97.1 Å². The van der Waals surface area contributed by atoms with E-state index in [2.05, 4.69) is 66.8 Å². The van der Waals surface area contributed by atoms with Gasteiger partial charge in [0.15, 0.2) is 0 Å². The summed E-state index contributed by atoms with van der Waals surface area (Å²) >= 11 is 0. The average Bonchev–Trinajstić information content (AvgIpc) is 3.37. The second-order valence-corrected chi connectivity index (χ2v) is 9.58. The van der Waals surface area contributed by atoms with Crippen molar-refractivity contribution < 1.29 is 19.4 Å². The van der Waals surface area contributed by atoms with E-state index in [-0.39, 0.29) is 23.4 Å². The third kappa shape index (κ3) is 5.49. The molecule has 0 saturated carbocycles. The van der Waals surface area contributed by atoms with Gasteiger partial charge in [0, 0.05) is 31.6 Å². The maximum atomic E-state index is 13.0. The molecule has 3 atom stereocenters. The largest absolute Gasteiger partial charge is 0.478 e. The topological polar surface area (TPSA) is 78.9 Å². The summed E-state index contributed by atoms with van der Waals surface area (Å²) in [6.45, 7) is 4.06. The Balaban J connectivity index is 1.29. The van der Waals surface area contributed by atoms with Crippen LogP contribution in [0.2, 0.25) is 0 Å². The maximum absolute atomic E-state index is 13.0. The van der Waals surface area contributed by atoms with Gasteiger partial charge in [-0.2, -0.15) is 0 Å². The Morgan fingerprint density at radius 3 is 2.38 bits per heavy atom. The molecule has 1 aliphatic heterocycles. The Bertz CT molecular complexity index is 1380. The number of nitrogens with zero attached hydrogens (tertiary/aromatic N) is 1. The number of rotatable bonds is 7. The van der Waals surface area contributed by atoms with Crippen LogP contribution in [-0.4, -0.2) is 41.7 Å². The lowest BCUT2D eigenvalue weighted by atomic mass is 9.88. The van der Waals surface area contributed by atoms with Gasteiger partial charge in [-0.15, -0.1) is 0 Å². The molecular weight excluding hydrogens is 464 g/mol. The number of hydrogen-bond donors (Lipinski definition) is 2. The fourth-order valence-corrected chi connectivity index (χ4v) is 5.20. The fourth-order valence-electron chi connectivity index (χ4n) is 5.20. The van der Waals surface area contributed by atoms with Crippen LogP contribution in [0.5, 0.6) is 5.75 Å². The molecule has 0 aromatic heterocycles. The van der Waals surface area contributed by atoms with Gasteiger partial charge in [0.2, 0.25) is 0 Å². The van der Waals surface area contributed by atoms with Crippen molar-refractivity contribution in [2.24, 2.45) is 5.92 Å². The SMILES string of the molecule is C[C@H](NC[C@H]1CN(C(=O)Oc2ccc(C(=O)O)cc2)C[C@@H]1c1ccccc1)c1cccc2ccccc12. The monoisotopic (exact) mass is 494 g/mol. The van der Waals surface area contributed by atoms with Crippen molar-refractivity contribution in [1.29, 1.82) is 0 Å². The summed E-state index contributed by atoms with van der Waals surface area (Å²) in [5.74, 6) is -0.300. The summed E-state index contributed by atoms with van der Waals surface area (Å²) < 4.78 is 5.58. The number of hydrogen-bond acceptors (Lipinski definition) is 4. The van der Waals surface area contributed by atoms with Crippen molar-refractivity contribution in [3.8, 4) is 5.75 Å². The number of aromatic carboxylic acids is 1. The lowest BCUT2D eigenvalue weighted by Gasteiger charge is -2.23. The third-order valence-electron chi connectivity index (χ3n) is 7.21. The molecule has 1 heterocycles. The van der Waals surface area contributed by atoms with Crippen LogP contribution in [-0.2, 0) is 0 Å². The van der Waals surface area contributed by atoms with Crippen LogP contribution >= 0.6 is 0 Å². The van der Waals surface area contributed by atoms with E-state index in [1.54, 1.807) is 4.90 Å². The van der Waals surface area contributed by atoms with E-state index in [1.165, 1.54) is 46.2 Å². The predicted octanol–water partition coefficient (Wildman–Crippen LogP) is 6.10. The van der Waals surface area contributed by atoms with Gasteiger partial charge < -0.3 is 20.1 Å². The molecule has 1 saturated heterocycles. The van der Waals surface area contributed by atoms with Crippen LogP contribution in [0.1, 0.15) is 40.4 Å². The Morgan fingerprint density at radius 2 is 1.62 bits per heavy atom. The summed E-state index contributed by atoms with van der Waals surface area (Å²) in [6.07, 6.45) is -0.423. The van der Waals surface area contributed by atoms with E-state index in [0.29, 0.717) is 18.8 Å². The minimum Gasteiger partial charge on any atom is -0.478 e. The Morgan fingerprint density at radius 1 is 0.919 bits per heavy atom. The minimum atomic E-state index is -1.02.